The Morgan fingerprint density at radius 1 is 0.304 bits per heavy atom. The maximum atomic E-state index is 6.30. The molecule has 56 heavy (non-hydrogen) atoms. The van der Waals surface area contributed by atoms with E-state index in [1.54, 1.807) is 0 Å². The van der Waals surface area contributed by atoms with Gasteiger partial charge in [-0.1, -0.05) is 146 Å². The van der Waals surface area contributed by atoms with Gasteiger partial charge in [-0.15, -0.1) is 0 Å². The number of aromatic nitrogens is 4. The van der Waals surface area contributed by atoms with Crippen LogP contribution in [0.15, 0.2) is 191 Å². The van der Waals surface area contributed by atoms with Crippen LogP contribution in [0, 0.1) is 0 Å². The maximum absolute atomic E-state index is 6.30. The van der Waals surface area contributed by atoms with Crippen LogP contribution in [0.2, 0.25) is 0 Å². The number of nitrogens with zero attached hydrogens (tertiary/aromatic N) is 4. The van der Waals surface area contributed by atoms with Gasteiger partial charge >= 0.3 is 0 Å². The molecule has 6 nitrogen and oxygen atoms in total. The molecule has 262 valence electrons. The smallest absolute Gasteiger partial charge is 0.227 e. The van der Waals surface area contributed by atoms with Gasteiger partial charge in [-0.25, -0.2) is 19.9 Å². The monoisotopic (exact) mass is 718 g/mol. The van der Waals surface area contributed by atoms with Crippen LogP contribution in [0.5, 0.6) is 0 Å². The first-order valence-corrected chi connectivity index (χ1v) is 18.5. The molecule has 0 fully saturated rings. The van der Waals surface area contributed by atoms with Crippen molar-refractivity contribution >= 4 is 43.8 Å². The van der Waals surface area contributed by atoms with Crippen LogP contribution in [0.3, 0.4) is 0 Å². The summed E-state index contributed by atoms with van der Waals surface area (Å²) in [5.41, 5.74) is 11.4. The van der Waals surface area contributed by atoms with Crippen LogP contribution in [-0.2, 0) is 0 Å². The Balaban J connectivity index is 0.959. The second-order valence-corrected chi connectivity index (χ2v) is 13.8. The highest BCUT2D eigenvalue weighted by atomic mass is 16.4. The molecule has 0 amide bonds. The molecular weight excluding hydrogens is 689 g/mol. The van der Waals surface area contributed by atoms with E-state index in [1.165, 1.54) is 0 Å². The van der Waals surface area contributed by atoms with E-state index in [0.29, 0.717) is 23.4 Å². The van der Waals surface area contributed by atoms with Crippen LogP contribution >= 0.6 is 0 Å². The molecule has 3 heterocycles. The van der Waals surface area contributed by atoms with E-state index < -0.39 is 0 Å². The first-order chi connectivity index (χ1) is 27.7. The van der Waals surface area contributed by atoms with Gasteiger partial charge in [-0.3, -0.25) is 0 Å². The van der Waals surface area contributed by atoms with Gasteiger partial charge in [0.05, 0.1) is 5.39 Å². The third-order valence-corrected chi connectivity index (χ3v) is 10.4. The van der Waals surface area contributed by atoms with Gasteiger partial charge in [-0.05, 0) is 69.4 Å². The fraction of sp³-hybridized carbons (Fsp3) is 0. The average Bonchev–Trinajstić information content (AvgIpc) is 3.89. The molecule has 0 aliphatic rings. The topological polar surface area (TPSA) is 77.8 Å². The van der Waals surface area contributed by atoms with Crippen LogP contribution in [-0.4, -0.2) is 19.9 Å². The zero-order valence-corrected chi connectivity index (χ0v) is 29.9. The fourth-order valence-corrected chi connectivity index (χ4v) is 7.68. The molecule has 0 aliphatic heterocycles. The summed E-state index contributed by atoms with van der Waals surface area (Å²) in [4.78, 5) is 19.8. The maximum Gasteiger partial charge on any atom is 0.227 e. The van der Waals surface area contributed by atoms with Gasteiger partial charge in [-0.2, -0.15) is 0 Å². The predicted octanol–water partition coefficient (Wildman–Crippen LogP) is 13.1. The number of benzene rings is 8. The van der Waals surface area contributed by atoms with Crippen molar-refractivity contribution in [2.45, 2.75) is 0 Å². The molecule has 0 spiro atoms. The van der Waals surface area contributed by atoms with E-state index >= 15 is 0 Å². The lowest BCUT2D eigenvalue weighted by Crippen LogP contribution is -2.00. The third-order valence-electron chi connectivity index (χ3n) is 10.4. The molecule has 0 saturated carbocycles. The van der Waals surface area contributed by atoms with Gasteiger partial charge in [0.25, 0.3) is 0 Å². The molecule has 0 atom stereocenters. The van der Waals surface area contributed by atoms with Crippen molar-refractivity contribution < 1.29 is 8.83 Å². The van der Waals surface area contributed by atoms with Gasteiger partial charge in [0, 0.05) is 27.6 Å². The van der Waals surface area contributed by atoms with Gasteiger partial charge in [0.15, 0.2) is 23.1 Å². The summed E-state index contributed by atoms with van der Waals surface area (Å²) in [6.45, 7) is 0. The minimum Gasteiger partial charge on any atom is -0.456 e. The predicted molar refractivity (Wildman–Crippen MR) is 225 cm³/mol. The number of rotatable bonds is 6. The summed E-state index contributed by atoms with van der Waals surface area (Å²) in [5, 5.41) is 4.33. The SMILES string of the molecule is c1ccc(-c2nc(-c3ccccc3)nc(-c3cccc(-c4ccc(-c5ccc(-c6nc7c(ccc8oc9ccccc9c87)o6)cc5)c5ccccc45)c3)n2)cc1. The van der Waals surface area contributed by atoms with E-state index in [4.69, 9.17) is 28.8 Å². The number of fused-ring (bicyclic) bond motifs is 6. The molecule has 0 saturated heterocycles. The zero-order valence-electron chi connectivity index (χ0n) is 29.9. The van der Waals surface area contributed by atoms with Crippen LogP contribution in [0.25, 0.3) is 112 Å². The van der Waals surface area contributed by atoms with E-state index in [1.807, 2.05) is 91.0 Å². The number of hydrogen-bond acceptors (Lipinski definition) is 6. The Morgan fingerprint density at radius 3 is 1.50 bits per heavy atom. The van der Waals surface area contributed by atoms with Crippen LogP contribution < -0.4 is 0 Å². The molecule has 11 aromatic rings. The largest absolute Gasteiger partial charge is 0.456 e. The number of furan rings is 1. The Kier molecular flexibility index (Phi) is 7.38. The summed E-state index contributed by atoms with van der Waals surface area (Å²) < 4.78 is 12.4. The van der Waals surface area contributed by atoms with Crippen molar-refractivity contribution in [1.29, 1.82) is 0 Å². The van der Waals surface area contributed by atoms with E-state index in [9.17, 15) is 0 Å². The highest BCUT2D eigenvalue weighted by Crippen LogP contribution is 2.39. The Bertz CT molecular complexity index is 3180. The first kappa shape index (κ1) is 31.8. The molecule has 0 radical (unpaired) electrons. The quantitative estimate of drug-likeness (QED) is 0.170. The van der Waals surface area contributed by atoms with Gasteiger partial charge in [0.1, 0.15) is 16.7 Å². The Hall–Kier alpha value is -7.70. The lowest BCUT2D eigenvalue weighted by atomic mass is 9.91. The van der Waals surface area contributed by atoms with E-state index in [0.717, 1.165) is 88.3 Å². The molecule has 0 N–H and O–H groups in total. The third kappa shape index (κ3) is 5.43. The lowest BCUT2D eigenvalue weighted by molar-refractivity contribution is 0.619. The Morgan fingerprint density at radius 2 is 0.821 bits per heavy atom. The first-order valence-electron chi connectivity index (χ1n) is 18.5. The zero-order chi connectivity index (χ0) is 37.0. The van der Waals surface area contributed by atoms with Crippen LogP contribution in [0.4, 0.5) is 0 Å². The van der Waals surface area contributed by atoms with Crippen molar-refractivity contribution in [2.24, 2.45) is 0 Å². The molecule has 8 aromatic carbocycles. The molecule has 6 heteroatoms. The second-order valence-electron chi connectivity index (χ2n) is 13.8. The number of para-hydroxylation sites is 1. The lowest BCUT2D eigenvalue weighted by Gasteiger charge is -2.13. The molecule has 0 aliphatic carbocycles. The normalized spacial score (nSPS) is 11.6. The minimum absolute atomic E-state index is 0.578. The summed E-state index contributed by atoms with van der Waals surface area (Å²) >= 11 is 0. The second kappa shape index (κ2) is 13.0. The number of oxazole rings is 1. The minimum atomic E-state index is 0.578. The summed E-state index contributed by atoms with van der Waals surface area (Å²) in [6, 6.07) is 62.0. The Labute approximate surface area is 321 Å². The molecule has 11 rings (SSSR count). The van der Waals surface area contributed by atoms with Gasteiger partial charge < -0.3 is 8.83 Å². The van der Waals surface area contributed by atoms with Crippen molar-refractivity contribution in [3.05, 3.63) is 182 Å². The van der Waals surface area contributed by atoms with E-state index in [-0.39, 0.29) is 0 Å². The van der Waals surface area contributed by atoms with Crippen molar-refractivity contribution in [3.63, 3.8) is 0 Å². The molecule has 3 aromatic heterocycles. The standard InChI is InChI=1S/C50H30N4O2/c1-3-12-32(13-4-1)47-52-48(33-14-5-2-6-15-33)54-49(53-47)36-17-11-16-35(30-36)38-27-26-37(39-18-7-8-19-40(38)39)31-22-24-34(25-23-31)50-51-46-44(56-50)29-28-43-45(46)41-20-9-10-21-42(41)55-43/h1-30H. The highest BCUT2D eigenvalue weighted by Gasteiger charge is 2.18. The summed E-state index contributed by atoms with van der Waals surface area (Å²) in [7, 11) is 0. The molecule has 0 bridgehead atoms. The van der Waals surface area contributed by atoms with Gasteiger partial charge in [0.2, 0.25) is 5.89 Å². The number of hydrogen-bond donors (Lipinski definition) is 0. The van der Waals surface area contributed by atoms with Crippen molar-refractivity contribution in [2.75, 3.05) is 0 Å². The van der Waals surface area contributed by atoms with Crippen molar-refractivity contribution in [1.82, 2.24) is 19.9 Å². The highest BCUT2D eigenvalue weighted by molar-refractivity contribution is 6.16. The summed E-state index contributed by atoms with van der Waals surface area (Å²) in [6.07, 6.45) is 0. The summed E-state index contributed by atoms with van der Waals surface area (Å²) in [5.74, 6) is 2.48. The van der Waals surface area contributed by atoms with Crippen LogP contribution in [0.1, 0.15) is 0 Å². The molecule has 0 unspecified atom stereocenters. The molecular formula is C50H30N4O2. The van der Waals surface area contributed by atoms with Crippen molar-refractivity contribution in [3.8, 4) is 67.9 Å². The average molecular weight is 719 g/mol. The fourth-order valence-electron chi connectivity index (χ4n) is 7.68. The van der Waals surface area contributed by atoms with E-state index in [2.05, 4.69) is 91.0 Å².